The molecule has 0 aromatic heterocycles. The minimum Gasteiger partial charge on any atom is -0.462 e. The molecule has 0 N–H and O–H groups in total. The van der Waals surface area contributed by atoms with Gasteiger partial charge in [-0.15, -0.1) is 0 Å². The highest BCUT2D eigenvalue weighted by Gasteiger charge is 2.32. The summed E-state index contributed by atoms with van der Waals surface area (Å²) in [7, 11) is 0. The highest BCUT2D eigenvalue weighted by Crippen LogP contribution is 2.35. The molecule has 1 fully saturated rings. The van der Waals surface area contributed by atoms with Crippen molar-refractivity contribution in [1.82, 2.24) is 0 Å². The lowest BCUT2D eigenvalue weighted by Gasteiger charge is -2.31. The summed E-state index contributed by atoms with van der Waals surface area (Å²) < 4.78 is 32.8. The van der Waals surface area contributed by atoms with Crippen LogP contribution in [0.3, 0.4) is 0 Å². The van der Waals surface area contributed by atoms with E-state index in [4.69, 9.17) is 9.57 Å². The smallest absolute Gasteiger partial charge is 0.309 e. The molecule has 0 radical (unpaired) electrons. The Kier molecular flexibility index (Phi) is 5.88. The largest absolute Gasteiger partial charge is 0.462 e. The Morgan fingerprint density at radius 2 is 1.90 bits per heavy atom. The molecule has 1 heterocycles. The van der Waals surface area contributed by atoms with Crippen molar-refractivity contribution in [1.29, 1.82) is 0 Å². The molecule has 3 atom stereocenters. The van der Waals surface area contributed by atoms with Crippen LogP contribution in [0.4, 0.5) is 8.78 Å². The summed E-state index contributed by atoms with van der Waals surface area (Å²) in [6.45, 7) is 0. The van der Waals surface area contributed by atoms with Crippen molar-refractivity contribution < 1.29 is 23.1 Å². The lowest BCUT2D eigenvalue weighted by Crippen LogP contribution is -2.30. The van der Waals surface area contributed by atoms with Gasteiger partial charge in [-0.2, -0.15) is 0 Å². The molecule has 152 valence electrons. The summed E-state index contributed by atoms with van der Waals surface area (Å²) in [5.74, 6) is -1.47. The number of nitrogens with zero attached hydrogens (tertiary/aromatic N) is 1. The fourth-order valence-corrected chi connectivity index (χ4v) is 4.14. The molecular weight excluding hydrogens is 376 g/mol. The van der Waals surface area contributed by atoms with E-state index in [1.807, 2.05) is 18.2 Å². The van der Waals surface area contributed by atoms with Crippen LogP contribution in [0.2, 0.25) is 0 Å². The first-order valence-electron chi connectivity index (χ1n) is 10.0. The summed E-state index contributed by atoms with van der Waals surface area (Å²) in [6, 6.07) is 13.5. The van der Waals surface area contributed by atoms with Crippen molar-refractivity contribution in [3.63, 3.8) is 0 Å². The van der Waals surface area contributed by atoms with E-state index >= 15 is 0 Å². The maximum absolute atomic E-state index is 13.9. The number of carbonyl (C=O) groups excluding carboxylic acids is 1. The number of halogens is 2. The Balaban J connectivity index is 1.34. The lowest BCUT2D eigenvalue weighted by atomic mass is 9.81. The van der Waals surface area contributed by atoms with E-state index in [0.717, 1.165) is 31.7 Å². The first-order chi connectivity index (χ1) is 14.1. The fourth-order valence-electron chi connectivity index (χ4n) is 4.14. The summed E-state index contributed by atoms with van der Waals surface area (Å²) >= 11 is 0. The lowest BCUT2D eigenvalue weighted by molar-refractivity contribution is -0.154. The van der Waals surface area contributed by atoms with Crippen molar-refractivity contribution in [3.8, 4) is 0 Å². The number of oxime groups is 1. The number of hydrogen-bond acceptors (Lipinski definition) is 4. The Morgan fingerprint density at radius 1 is 1.10 bits per heavy atom. The second-order valence-electron chi connectivity index (χ2n) is 7.63. The second kappa shape index (κ2) is 8.72. The molecule has 6 heteroatoms. The summed E-state index contributed by atoms with van der Waals surface area (Å²) in [6.07, 6.45) is 3.70. The van der Waals surface area contributed by atoms with Gasteiger partial charge in [0.25, 0.3) is 0 Å². The van der Waals surface area contributed by atoms with Crippen molar-refractivity contribution in [3.05, 3.63) is 71.3 Å². The number of rotatable bonds is 5. The molecule has 29 heavy (non-hydrogen) atoms. The third-order valence-electron chi connectivity index (χ3n) is 5.58. The molecule has 0 amide bonds. The van der Waals surface area contributed by atoms with Crippen LogP contribution < -0.4 is 0 Å². The number of benzene rings is 2. The Labute approximate surface area is 168 Å². The maximum Gasteiger partial charge on any atom is 0.309 e. The van der Waals surface area contributed by atoms with Crippen LogP contribution >= 0.6 is 0 Å². The van der Waals surface area contributed by atoms with E-state index in [1.54, 1.807) is 0 Å². The third kappa shape index (κ3) is 4.63. The fraction of sp³-hybridized carbons (Fsp3) is 0.391. The van der Waals surface area contributed by atoms with Crippen molar-refractivity contribution in [2.45, 2.75) is 56.7 Å². The molecule has 1 saturated carbocycles. The zero-order valence-electron chi connectivity index (χ0n) is 16.0. The van der Waals surface area contributed by atoms with Gasteiger partial charge in [0.1, 0.15) is 23.8 Å². The quantitative estimate of drug-likeness (QED) is 0.656. The monoisotopic (exact) mass is 399 g/mol. The molecule has 2 aliphatic rings. The molecule has 2 aromatic rings. The van der Waals surface area contributed by atoms with E-state index in [0.29, 0.717) is 5.71 Å². The summed E-state index contributed by atoms with van der Waals surface area (Å²) in [5.41, 5.74) is 1.76. The van der Waals surface area contributed by atoms with Crippen LogP contribution in [0.25, 0.3) is 0 Å². The first-order valence-corrected chi connectivity index (χ1v) is 10.0. The first kappa shape index (κ1) is 19.6. The highest BCUT2D eigenvalue weighted by atomic mass is 19.1. The number of ether oxygens (including phenoxy) is 1. The van der Waals surface area contributed by atoms with Crippen LogP contribution in [0.15, 0.2) is 53.7 Å². The van der Waals surface area contributed by atoms with Crippen LogP contribution in [0.1, 0.15) is 55.6 Å². The van der Waals surface area contributed by atoms with Crippen LogP contribution in [0.5, 0.6) is 0 Å². The average molecular weight is 399 g/mol. The molecule has 4 rings (SSSR count). The standard InChI is InChI=1S/C23H23F2NO3/c24-16-10-11-19(20(25)12-16)21-13-17(29-26-21)14-23(27)28-22-9-5-4-8-18(22)15-6-2-1-3-7-15/h1-3,6-7,10-12,17-18,22H,4-5,8-9,13-14H2/t17-,18+,22-/m1/s1. The Bertz CT molecular complexity index is 900. The molecule has 0 unspecified atom stereocenters. The van der Waals surface area contributed by atoms with E-state index < -0.39 is 17.7 Å². The van der Waals surface area contributed by atoms with Gasteiger partial charge in [0.15, 0.2) is 0 Å². The molecule has 0 bridgehead atoms. The average Bonchev–Trinajstić information content (AvgIpc) is 3.17. The van der Waals surface area contributed by atoms with Gasteiger partial charge >= 0.3 is 5.97 Å². The summed E-state index contributed by atoms with van der Waals surface area (Å²) in [4.78, 5) is 17.8. The van der Waals surface area contributed by atoms with Crippen molar-refractivity contribution in [2.24, 2.45) is 5.16 Å². The zero-order valence-corrected chi connectivity index (χ0v) is 16.0. The Morgan fingerprint density at radius 3 is 2.69 bits per heavy atom. The molecule has 0 saturated heterocycles. The van der Waals surface area contributed by atoms with E-state index in [1.165, 1.54) is 17.7 Å². The third-order valence-corrected chi connectivity index (χ3v) is 5.58. The topological polar surface area (TPSA) is 47.9 Å². The van der Waals surface area contributed by atoms with Gasteiger partial charge in [0.05, 0.1) is 12.1 Å². The predicted octanol–water partition coefficient (Wildman–Crippen LogP) is 5.12. The predicted molar refractivity (Wildman–Crippen MR) is 105 cm³/mol. The molecule has 4 nitrogen and oxygen atoms in total. The van der Waals surface area contributed by atoms with Crippen LogP contribution in [-0.4, -0.2) is 23.9 Å². The maximum atomic E-state index is 13.9. The van der Waals surface area contributed by atoms with Gasteiger partial charge in [-0.1, -0.05) is 41.9 Å². The van der Waals surface area contributed by atoms with Crippen molar-refractivity contribution >= 4 is 11.7 Å². The molecular formula is C23H23F2NO3. The molecule has 1 aliphatic heterocycles. The zero-order chi connectivity index (χ0) is 20.2. The highest BCUT2D eigenvalue weighted by molar-refractivity contribution is 6.01. The Hall–Kier alpha value is -2.76. The summed E-state index contributed by atoms with van der Waals surface area (Å²) in [5, 5.41) is 3.89. The minimum absolute atomic E-state index is 0.0494. The van der Waals surface area contributed by atoms with E-state index in [2.05, 4.69) is 17.3 Å². The SMILES string of the molecule is O=C(C[C@H]1CC(c2ccc(F)cc2F)=NO1)O[C@@H]1CCCC[C@H]1c1ccccc1. The number of hydrogen-bond donors (Lipinski definition) is 0. The van der Waals surface area contributed by atoms with Gasteiger partial charge in [-0.25, -0.2) is 8.78 Å². The van der Waals surface area contributed by atoms with Gasteiger partial charge in [-0.05, 0) is 37.0 Å². The van der Waals surface area contributed by atoms with Gasteiger partial charge in [0, 0.05) is 24.0 Å². The minimum atomic E-state index is -0.691. The molecule has 0 spiro atoms. The van der Waals surface area contributed by atoms with E-state index in [9.17, 15) is 13.6 Å². The van der Waals surface area contributed by atoms with Crippen LogP contribution in [-0.2, 0) is 14.4 Å². The number of carbonyl (C=O) groups is 1. The van der Waals surface area contributed by atoms with Crippen LogP contribution in [0, 0.1) is 11.6 Å². The number of esters is 1. The van der Waals surface area contributed by atoms with Gasteiger partial charge < -0.3 is 9.57 Å². The molecule has 2 aromatic carbocycles. The second-order valence-corrected chi connectivity index (χ2v) is 7.63. The van der Waals surface area contributed by atoms with Crippen molar-refractivity contribution in [2.75, 3.05) is 0 Å². The van der Waals surface area contributed by atoms with Gasteiger partial charge in [-0.3, -0.25) is 4.79 Å². The van der Waals surface area contributed by atoms with E-state index in [-0.39, 0.29) is 36.4 Å². The normalized spacial score (nSPS) is 23.9. The van der Waals surface area contributed by atoms with Gasteiger partial charge in [0.2, 0.25) is 0 Å². The molecule has 1 aliphatic carbocycles.